The molecule has 27 heavy (non-hydrogen) atoms. The highest BCUT2D eigenvalue weighted by Crippen LogP contribution is 2.28. The number of aryl methyl sites for hydroxylation is 1. The van der Waals surface area contributed by atoms with Crippen LogP contribution in [0.15, 0.2) is 65.6 Å². The fourth-order valence-corrected chi connectivity index (χ4v) is 4.12. The molecule has 0 unspecified atom stereocenters. The SMILES string of the molecule is COCCOc1ccc(S(=O)(=O)N(C)c2ccc3ccccc3c2)cc1C. The highest BCUT2D eigenvalue weighted by atomic mass is 32.2. The van der Waals surface area contributed by atoms with Crippen LogP contribution >= 0.6 is 0 Å². The second-order valence-corrected chi connectivity index (χ2v) is 8.24. The molecule has 0 atom stereocenters. The molecule has 0 fully saturated rings. The summed E-state index contributed by atoms with van der Waals surface area (Å²) in [6.07, 6.45) is 0. The van der Waals surface area contributed by atoms with Crippen LogP contribution in [0.25, 0.3) is 10.8 Å². The van der Waals surface area contributed by atoms with Gasteiger partial charge in [0.05, 0.1) is 17.2 Å². The van der Waals surface area contributed by atoms with Crippen molar-refractivity contribution in [3.63, 3.8) is 0 Å². The first-order valence-corrected chi connectivity index (χ1v) is 10.1. The minimum Gasteiger partial charge on any atom is -0.491 e. The Morgan fingerprint density at radius 2 is 1.67 bits per heavy atom. The molecule has 0 heterocycles. The lowest BCUT2D eigenvalue weighted by Gasteiger charge is -2.21. The van der Waals surface area contributed by atoms with Gasteiger partial charge >= 0.3 is 0 Å². The van der Waals surface area contributed by atoms with Crippen molar-refractivity contribution in [1.29, 1.82) is 0 Å². The van der Waals surface area contributed by atoms with Crippen LogP contribution in [0.3, 0.4) is 0 Å². The van der Waals surface area contributed by atoms with Gasteiger partial charge < -0.3 is 9.47 Å². The molecule has 0 bridgehead atoms. The van der Waals surface area contributed by atoms with Gasteiger partial charge in [0.2, 0.25) is 0 Å². The van der Waals surface area contributed by atoms with E-state index in [1.54, 1.807) is 32.4 Å². The zero-order valence-corrected chi connectivity index (χ0v) is 16.5. The van der Waals surface area contributed by atoms with Crippen LogP contribution in [0.4, 0.5) is 5.69 Å². The average molecular weight is 385 g/mol. The van der Waals surface area contributed by atoms with Crippen LogP contribution in [0.1, 0.15) is 5.56 Å². The first kappa shape index (κ1) is 19.2. The number of anilines is 1. The van der Waals surface area contributed by atoms with Crippen molar-refractivity contribution in [3.8, 4) is 5.75 Å². The quantitative estimate of drug-likeness (QED) is 0.577. The Morgan fingerprint density at radius 1 is 0.926 bits per heavy atom. The predicted octanol–water partition coefficient (Wildman–Crippen LogP) is 4.00. The van der Waals surface area contributed by atoms with Gasteiger partial charge in [-0.25, -0.2) is 8.42 Å². The average Bonchev–Trinajstić information content (AvgIpc) is 2.68. The van der Waals surface area contributed by atoms with Crippen LogP contribution in [-0.4, -0.2) is 35.8 Å². The van der Waals surface area contributed by atoms with E-state index in [-0.39, 0.29) is 4.90 Å². The standard InChI is InChI=1S/C21H23NO4S/c1-16-14-20(10-11-21(16)26-13-12-25-3)27(23,24)22(2)19-9-8-17-6-4-5-7-18(17)15-19/h4-11,14-15H,12-13H2,1-3H3. The Morgan fingerprint density at radius 3 is 2.37 bits per heavy atom. The number of rotatable bonds is 7. The number of nitrogens with zero attached hydrogens (tertiary/aromatic N) is 1. The zero-order chi connectivity index (χ0) is 19.4. The molecule has 0 spiro atoms. The van der Waals surface area contributed by atoms with Gasteiger partial charge in [-0.15, -0.1) is 0 Å². The van der Waals surface area contributed by atoms with E-state index in [4.69, 9.17) is 9.47 Å². The molecule has 0 aliphatic rings. The number of benzene rings is 3. The van der Waals surface area contributed by atoms with Crippen LogP contribution in [0.2, 0.25) is 0 Å². The molecule has 0 saturated carbocycles. The minimum atomic E-state index is -3.67. The number of ether oxygens (including phenoxy) is 2. The van der Waals surface area contributed by atoms with Gasteiger partial charge in [-0.3, -0.25) is 4.31 Å². The van der Waals surface area contributed by atoms with Crippen molar-refractivity contribution in [2.24, 2.45) is 0 Å². The normalized spacial score (nSPS) is 11.5. The first-order chi connectivity index (χ1) is 12.9. The molecule has 0 aliphatic carbocycles. The molecule has 0 saturated heterocycles. The lowest BCUT2D eigenvalue weighted by molar-refractivity contribution is 0.146. The van der Waals surface area contributed by atoms with Crippen LogP contribution < -0.4 is 9.04 Å². The molecule has 142 valence electrons. The molecular formula is C21H23NO4S. The Labute approximate surface area is 160 Å². The molecule has 3 rings (SSSR count). The minimum absolute atomic E-state index is 0.231. The topological polar surface area (TPSA) is 55.8 Å². The Balaban J connectivity index is 1.89. The summed E-state index contributed by atoms with van der Waals surface area (Å²) in [6.45, 7) is 2.72. The lowest BCUT2D eigenvalue weighted by atomic mass is 10.1. The smallest absolute Gasteiger partial charge is 0.264 e. The van der Waals surface area contributed by atoms with Crippen molar-refractivity contribution in [1.82, 2.24) is 0 Å². The molecule has 0 aliphatic heterocycles. The van der Waals surface area contributed by atoms with Gasteiger partial charge in [-0.2, -0.15) is 0 Å². The van der Waals surface area contributed by atoms with Crippen molar-refractivity contribution in [3.05, 3.63) is 66.2 Å². The van der Waals surface area contributed by atoms with Crippen molar-refractivity contribution in [2.45, 2.75) is 11.8 Å². The van der Waals surface area contributed by atoms with E-state index < -0.39 is 10.0 Å². The van der Waals surface area contributed by atoms with Crippen LogP contribution in [0.5, 0.6) is 5.75 Å². The zero-order valence-electron chi connectivity index (χ0n) is 15.7. The molecular weight excluding hydrogens is 362 g/mol. The van der Waals surface area contributed by atoms with E-state index >= 15 is 0 Å². The van der Waals surface area contributed by atoms with E-state index in [1.807, 2.05) is 49.4 Å². The fraction of sp³-hybridized carbons (Fsp3) is 0.238. The molecule has 0 N–H and O–H groups in total. The fourth-order valence-electron chi connectivity index (χ4n) is 2.85. The molecule has 3 aromatic carbocycles. The summed E-state index contributed by atoms with van der Waals surface area (Å²) in [7, 11) is -0.499. The van der Waals surface area contributed by atoms with E-state index in [0.717, 1.165) is 16.3 Å². The Kier molecular flexibility index (Phi) is 5.68. The summed E-state index contributed by atoms with van der Waals surface area (Å²) >= 11 is 0. The van der Waals surface area contributed by atoms with E-state index in [2.05, 4.69) is 0 Å². The summed E-state index contributed by atoms with van der Waals surface area (Å²) < 4.78 is 38.0. The van der Waals surface area contributed by atoms with Gasteiger partial charge in [0, 0.05) is 14.2 Å². The first-order valence-electron chi connectivity index (χ1n) is 8.63. The predicted molar refractivity (Wildman–Crippen MR) is 108 cm³/mol. The Hall–Kier alpha value is -2.57. The van der Waals surface area contributed by atoms with Gasteiger partial charge in [0.25, 0.3) is 10.0 Å². The molecule has 0 aromatic heterocycles. The van der Waals surface area contributed by atoms with E-state index in [0.29, 0.717) is 24.7 Å². The van der Waals surface area contributed by atoms with Gasteiger partial charge in [0.1, 0.15) is 12.4 Å². The number of hydrogen-bond acceptors (Lipinski definition) is 4. The van der Waals surface area contributed by atoms with Gasteiger partial charge in [0.15, 0.2) is 0 Å². The van der Waals surface area contributed by atoms with Crippen molar-refractivity contribution < 1.29 is 17.9 Å². The maximum Gasteiger partial charge on any atom is 0.264 e. The monoisotopic (exact) mass is 385 g/mol. The molecule has 3 aromatic rings. The van der Waals surface area contributed by atoms with Crippen molar-refractivity contribution in [2.75, 3.05) is 31.7 Å². The van der Waals surface area contributed by atoms with Crippen LogP contribution in [-0.2, 0) is 14.8 Å². The summed E-state index contributed by atoms with van der Waals surface area (Å²) in [5.41, 5.74) is 1.38. The van der Waals surface area contributed by atoms with Crippen LogP contribution in [0, 0.1) is 6.92 Å². The number of fused-ring (bicyclic) bond motifs is 1. The number of methoxy groups -OCH3 is 1. The maximum atomic E-state index is 13.1. The summed E-state index contributed by atoms with van der Waals surface area (Å²) in [5.74, 6) is 0.652. The van der Waals surface area contributed by atoms with E-state index in [9.17, 15) is 8.42 Å². The molecule has 0 amide bonds. The van der Waals surface area contributed by atoms with Gasteiger partial charge in [-0.1, -0.05) is 30.3 Å². The summed E-state index contributed by atoms with van der Waals surface area (Å²) in [6, 6.07) is 18.4. The Bertz CT molecular complexity index is 1050. The maximum absolute atomic E-state index is 13.1. The third kappa shape index (κ3) is 4.07. The highest BCUT2D eigenvalue weighted by molar-refractivity contribution is 7.92. The summed E-state index contributed by atoms with van der Waals surface area (Å²) in [5, 5.41) is 2.07. The highest BCUT2D eigenvalue weighted by Gasteiger charge is 2.22. The van der Waals surface area contributed by atoms with Crippen molar-refractivity contribution >= 4 is 26.5 Å². The third-order valence-electron chi connectivity index (χ3n) is 4.45. The number of hydrogen-bond donors (Lipinski definition) is 0. The number of sulfonamides is 1. The summed E-state index contributed by atoms with van der Waals surface area (Å²) in [4.78, 5) is 0.231. The second kappa shape index (κ2) is 7.98. The largest absolute Gasteiger partial charge is 0.491 e. The van der Waals surface area contributed by atoms with E-state index in [1.165, 1.54) is 4.31 Å². The molecule has 6 heteroatoms. The third-order valence-corrected chi connectivity index (χ3v) is 6.23. The molecule has 0 radical (unpaired) electrons. The lowest BCUT2D eigenvalue weighted by Crippen LogP contribution is -2.26. The second-order valence-electron chi connectivity index (χ2n) is 6.27. The molecule has 5 nitrogen and oxygen atoms in total. The van der Waals surface area contributed by atoms with Gasteiger partial charge in [-0.05, 0) is 53.6 Å².